The molecule has 9 heteroatoms. The van der Waals surface area contributed by atoms with Gasteiger partial charge in [0.15, 0.2) is 5.82 Å². The predicted octanol–water partition coefficient (Wildman–Crippen LogP) is 3.47. The lowest BCUT2D eigenvalue weighted by atomic mass is 9.96. The molecular weight excluding hydrogens is 448 g/mol. The number of anilines is 1. The highest BCUT2D eigenvalue weighted by Crippen LogP contribution is 2.41. The quantitative estimate of drug-likeness (QED) is 0.424. The van der Waals surface area contributed by atoms with E-state index < -0.39 is 30.3 Å². The number of hydrogen-bond acceptors (Lipinski definition) is 8. The molecule has 0 bridgehead atoms. The van der Waals surface area contributed by atoms with E-state index >= 15 is 0 Å². The smallest absolute Gasteiger partial charge is 0.338 e. The molecule has 0 aliphatic carbocycles. The molecule has 0 spiro atoms. The topological polar surface area (TPSA) is 118 Å². The zero-order chi connectivity index (χ0) is 24.4. The Labute approximate surface area is 201 Å². The third kappa shape index (κ3) is 4.45. The van der Waals surface area contributed by atoms with Crippen molar-refractivity contribution in [2.75, 3.05) is 12.3 Å². The van der Waals surface area contributed by atoms with E-state index in [2.05, 4.69) is 10.1 Å². The van der Waals surface area contributed by atoms with Crippen LogP contribution in [0.3, 0.4) is 0 Å². The number of nitrogen functional groups attached to an aromatic ring is 1. The number of carbonyl (C=O) groups is 2. The number of ether oxygens (including phenoxy) is 3. The van der Waals surface area contributed by atoms with Crippen LogP contribution in [0.4, 0.5) is 5.82 Å². The van der Waals surface area contributed by atoms with Crippen LogP contribution in [0.1, 0.15) is 39.4 Å². The van der Waals surface area contributed by atoms with Gasteiger partial charge < -0.3 is 19.9 Å². The zero-order valence-electron chi connectivity index (χ0n) is 19.0. The molecule has 1 fully saturated rings. The fraction of sp³-hybridized carbons (Fsp3) is 0.231. The summed E-state index contributed by atoms with van der Waals surface area (Å²) in [5, 5.41) is 4.31. The molecular formula is C26H24N4O5. The van der Waals surface area contributed by atoms with E-state index in [-0.39, 0.29) is 12.5 Å². The number of nitrogens with zero attached hydrogens (tertiary/aromatic N) is 3. The number of rotatable bonds is 6. The molecule has 9 nitrogen and oxygen atoms in total. The van der Waals surface area contributed by atoms with E-state index in [1.165, 1.54) is 6.33 Å². The van der Waals surface area contributed by atoms with Gasteiger partial charge in [0.25, 0.3) is 0 Å². The number of esters is 2. The van der Waals surface area contributed by atoms with Gasteiger partial charge in [0.05, 0.1) is 16.8 Å². The monoisotopic (exact) mass is 472 g/mol. The molecule has 1 aliphatic heterocycles. The molecule has 178 valence electrons. The van der Waals surface area contributed by atoms with Gasteiger partial charge >= 0.3 is 11.9 Å². The Balaban J connectivity index is 1.40. The van der Waals surface area contributed by atoms with E-state index in [4.69, 9.17) is 19.9 Å². The summed E-state index contributed by atoms with van der Waals surface area (Å²) in [6.07, 6.45) is -0.459. The minimum absolute atomic E-state index is 0.0816. The Morgan fingerprint density at radius 2 is 1.63 bits per heavy atom. The average Bonchev–Trinajstić information content (AvgIpc) is 3.45. The van der Waals surface area contributed by atoms with Gasteiger partial charge in [-0.2, -0.15) is 5.10 Å². The third-order valence-corrected chi connectivity index (χ3v) is 6.13. The van der Waals surface area contributed by atoms with E-state index in [9.17, 15) is 9.59 Å². The molecule has 2 aromatic carbocycles. The van der Waals surface area contributed by atoms with Crippen molar-refractivity contribution in [1.82, 2.24) is 14.6 Å². The minimum atomic E-state index is -0.681. The maximum Gasteiger partial charge on any atom is 0.338 e. The van der Waals surface area contributed by atoms with Crippen LogP contribution in [0.25, 0.3) is 5.52 Å². The maximum atomic E-state index is 12.9. The third-order valence-electron chi connectivity index (χ3n) is 6.13. The SMILES string of the molecule is C[C@@H]1C(c2ccc3c(N)ncnn23)O[C@H](COC(=O)c2ccccc2)[C@H]1OC(=O)c1ccccc1. The Hall–Kier alpha value is -4.24. The number of nitrogens with two attached hydrogens (primary N) is 1. The fourth-order valence-electron chi connectivity index (χ4n) is 4.33. The van der Waals surface area contributed by atoms with Gasteiger partial charge in [-0.05, 0) is 36.4 Å². The Kier molecular flexibility index (Phi) is 6.15. The highest BCUT2D eigenvalue weighted by molar-refractivity contribution is 5.90. The molecule has 0 saturated carbocycles. The van der Waals surface area contributed by atoms with Crippen molar-refractivity contribution in [2.24, 2.45) is 5.92 Å². The highest BCUT2D eigenvalue weighted by atomic mass is 16.6. The van der Waals surface area contributed by atoms with Crippen molar-refractivity contribution in [3.8, 4) is 0 Å². The summed E-state index contributed by atoms with van der Waals surface area (Å²) in [5.74, 6) is -0.876. The molecule has 2 aromatic heterocycles. The molecule has 1 saturated heterocycles. The van der Waals surface area contributed by atoms with Gasteiger partial charge in [0.1, 0.15) is 36.8 Å². The number of hydrogen-bond donors (Lipinski definition) is 1. The van der Waals surface area contributed by atoms with Crippen LogP contribution in [-0.2, 0) is 14.2 Å². The first-order valence-electron chi connectivity index (χ1n) is 11.2. The first-order valence-corrected chi connectivity index (χ1v) is 11.2. The average molecular weight is 473 g/mol. The van der Waals surface area contributed by atoms with Crippen LogP contribution in [0, 0.1) is 5.92 Å². The van der Waals surface area contributed by atoms with E-state index in [1.54, 1.807) is 53.0 Å². The van der Waals surface area contributed by atoms with Gasteiger partial charge in [-0.25, -0.2) is 19.1 Å². The Bertz CT molecular complexity index is 1340. The van der Waals surface area contributed by atoms with Crippen LogP contribution in [0.15, 0.2) is 79.1 Å². The lowest BCUT2D eigenvalue weighted by Gasteiger charge is -2.21. The molecule has 5 rings (SSSR count). The number of carbonyl (C=O) groups excluding carboxylic acids is 2. The van der Waals surface area contributed by atoms with Gasteiger partial charge in [-0.3, -0.25) is 0 Å². The van der Waals surface area contributed by atoms with Crippen molar-refractivity contribution in [1.29, 1.82) is 0 Å². The zero-order valence-corrected chi connectivity index (χ0v) is 19.0. The summed E-state index contributed by atoms with van der Waals surface area (Å²) >= 11 is 0. The summed E-state index contributed by atoms with van der Waals surface area (Å²) in [5.41, 5.74) is 8.22. The van der Waals surface area contributed by atoms with Gasteiger partial charge in [-0.15, -0.1) is 0 Å². The van der Waals surface area contributed by atoms with Crippen molar-refractivity contribution < 1.29 is 23.8 Å². The summed E-state index contributed by atoms with van der Waals surface area (Å²) in [4.78, 5) is 29.4. The second-order valence-corrected chi connectivity index (χ2v) is 8.36. The summed E-state index contributed by atoms with van der Waals surface area (Å²) in [6.45, 7) is 1.85. The molecule has 4 atom stereocenters. The van der Waals surface area contributed by atoms with Gasteiger partial charge in [0, 0.05) is 5.92 Å². The summed E-state index contributed by atoms with van der Waals surface area (Å²) in [7, 11) is 0. The molecule has 4 aromatic rings. The lowest BCUT2D eigenvalue weighted by molar-refractivity contribution is -0.0437. The lowest BCUT2D eigenvalue weighted by Crippen LogP contribution is -2.35. The Morgan fingerprint density at radius 3 is 2.31 bits per heavy atom. The van der Waals surface area contributed by atoms with Crippen LogP contribution in [0.2, 0.25) is 0 Å². The molecule has 3 heterocycles. The first kappa shape index (κ1) is 22.5. The fourth-order valence-corrected chi connectivity index (χ4v) is 4.33. The van der Waals surface area contributed by atoms with Crippen LogP contribution in [0.5, 0.6) is 0 Å². The van der Waals surface area contributed by atoms with E-state index in [0.717, 1.165) is 5.69 Å². The largest absolute Gasteiger partial charge is 0.459 e. The minimum Gasteiger partial charge on any atom is -0.459 e. The number of aromatic nitrogens is 3. The molecule has 1 unspecified atom stereocenters. The number of benzene rings is 2. The second-order valence-electron chi connectivity index (χ2n) is 8.36. The van der Waals surface area contributed by atoms with Crippen LogP contribution < -0.4 is 5.73 Å². The van der Waals surface area contributed by atoms with Crippen molar-refractivity contribution >= 4 is 23.3 Å². The first-order chi connectivity index (χ1) is 17.0. The van der Waals surface area contributed by atoms with Crippen LogP contribution >= 0.6 is 0 Å². The van der Waals surface area contributed by atoms with Crippen molar-refractivity contribution in [2.45, 2.75) is 25.2 Å². The van der Waals surface area contributed by atoms with E-state index in [0.29, 0.717) is 22.5 Å². The van der Waals surface area contributed by atoms with Crippen molar-refractivity contribution in [3.63, 3.8) is 0 Å². The Morgan fingerprint density at radius 1 is 0.971 bits per heavy atom. The maximum absolute atomic E-state index is 12.9. The summed E-state index contributed by atoms with van der Waals surface area (Å²) < 4.78 is 19.4. The van der Waals surface area contributed by atoms with E-state index in [1.807, 2.05) is 31.2 Å². The molecule has 2 N–H and O–H groups in total. The molecule has 35 heavy (non-hydrogen) atoms. The molecule has 0 radical (unpaired) electrons. The van der Waals surface area contributed by atoms with Crippen molar-refractivity contribution in [3.05, 3.63) is 95.9 Å². The number of fused-ring (bicyclic) bond motifs is 1. The second kappa shape index (κ2) is 9.55. The predicted molar refractivity (Wildman–Crippen MR) is 127 cm³/mol. The van der Waals surface area contributed by atoms with Gasteiger partial charge in [-0.1, -0.05) is 43.3 Å². The van der Waals surface area contributed by atoms with Crippen LogP contribution in [-0.4, -0.2) is 45.4 Å². The summed E-state index contributed by atoms with van der Waals surface area (Å²) in [6, 6.07) is 21.1. The van der Waals surface area contributed by atoms with Gasteiger partial charge in [0.2, 0.25) is 0 Å². The normalized spacial score (nSPS) is 21.6. The molecule has 1 aliphatic rings. The standard InChI is InChI=1S/C26H24N4O5/c1-16-22(19-12-13-20-24(27)28-15-29-30(19)20)34-21(14-33-25(31)17-8-4-2-5-9-17)23(16)35-26(32)18-10-6-3-7-11-18/h2-13,15-16,21-23H,14H2,1H3,(H2,27,28,29)/t16-,21-,22?,23+/m1/s1. The highest BCUT2D eigenvalue weighted by Gasteiger charge is 2.47. The molecule has 0 amide bonds.